The predicted octanol–water partition coefficient (Wildman–Crippen LogP) is 5.84. The SMILES string of the molecule is Cc1c(Cl)cccc1OCCCC(=O)N1CCOc2c(-c3cnn(Cc4cccc(C(=O)O)c4)c3)cccc21. The summed E-state index contributed by atoms with van der Waals surface area (Å²) < 4.78 is 13.6. The molecule has 0 saturated carbocycles. The summed E-state index contributed by atoms with van der Waals surface area (Å²) in [7, 11) is 0. The third kappa shape index (κ3) is 5.91. The number of carboxylic acids is 1. The number of carbonyl (C=O) groups is 2. The van der Waals surface area contributed by atoms with Crippen molar-refractivity contribution in [3.05, 3.63) is 94.8 Å². The molecule has 8 nitrogen and oxygen atoms in total. The summed E-state index contributed by atoms with van der Waals surface area (Å²) in [5, 5.41) is 14.4. The van der Waals surface area contributed by atoms with E-state index < -0.39 is 5.97 Å². The summed E-state index contributed by atoms with van der Waals surface area (Å²) >= 11 is 6.16. The zero-order chi connectivity index (χ0) is 27.4. The second kappa shape index (κ2) is 11.6. The van der Waals surface area contributed by atoms with Gasteiger partial charge in [-0.1, -0.05) is 41.9 Å². The smallest absolute Gasteiger partial charge is 0.335 e. The first-order valence-corrected chi connectivity index (χ1v) is 13.1. The van der Waals surface area contributed by atoms with Gasteiger partial charge in [-0.15, -0.1) is 0 Å². The molecule has 0 atom stereocenters. The van der Waals surface area contributed by atoms with Gasteiger partial charge in [0.2, 0.25) is 5.91 Å². The van der Waals surface area contributed by atoms with Crippen LogP contribution in [0, 0.1) is 6.92 Å². The van der Waals surface area contributed by atoms with Crippen LogP contribution in [0.4, 0.5) is 5.69 Å². The maximum absolute atomic E-state index is 13.2. The van der Waals surface area contributed by atoms with E-state index in [1.807, 2.05) is 55.6 Å². The van der Waals surface area contributed by atoms with Crippen molar-refractivity contribution in [1.29, 1.82) is 0 Å². The molecule has 0 unspecified atom stereocenters. The van der Waals surface area contributed by atoms with Crippen LogP contribution in [-0.2, 0) is 11.3 Å². The zero-order valence-corrected chi connectivity index (χ0v) is 22.2. The topological polar surface area (TPSA) is 93.9 Å². The van der Waals surface area contributed by atoms with Crippen molar-refractivity contribution < 1.29 is 24.2 Å². The third-order valence-corrected chi connectivity index (χ3v) is 7.03. The number of rotatable bonds is 9. The van der Waals surface area contributed by atoms with Gasteiger partial charge in [-0.05, 0) is 49.2 Å². The number of fused-ring (bicyclic) bond motifs is 1. The summed E-state index contributed by atoms with van der Waals surface area (Å²) in [6.07, 6.45) is 4.56. The minimum atomic E-state index is -0.964. The van der Waals surface area contributed by atoms with Gasteiger partial charge in [0.1, 0.15) is 12.4 Å². The van der Waals surface area contributed by atoms with E-state index in [9.17, 15) is 14.7 Å². The highest BCUT2D eigenvalue weighted by atomic mass is 35.5. The van der Waals surface area contributed by atoms with Crippen LogP contribution >= 0.6 is 11.6 Å². The Hall–Kier alpha value is -4.30. The Labute approximate surface area is 231 Å². The van der Waals surface area contributed by atoms with Gasteiger partial charge in [0.05, 0.1) is 37.1 Å². The van der Waals surface area contributed by atoms with Crippen molar-refractivity contribution in [3.8, 4) is 22.6 Å². The second-order valence-electron chi connectivity index (χ2n) is 9.29. The molecule has 39 heavy (non-hydrogen) atoms. The average Bonchev–Trinajstić information content (AvgIpc) is 3.40. The number of hydrogen-bond acceptors (Lipinski definition) is 5. The van der Waals surface area contributed by atoms with E-state index in [1.54, 1.807) is 34.0 Å². The van der Waals surface area contributed by atoms with Crippen molar-refractivity contribution in [2.75, 3.05) is 24.7 Å². The second-order valence-corrected chi connectivity index (χ2v) is 9.70. The van der Waals surface area contributed by atoms with E-state index in [2.05, 4.69) is 5.10 Å². The number of benzene rings is 3. The Morgan fingerprint density at radius 1 is 1.13 bits per heavy atom. The highest BCUT2D eigenvalue weighted by Crippen LogP contribution is 2.40. The Morgan fingerprint density at radius 3 is 2.79 bits per heavy atom. The highest BCUT2D eigenvalue weighted by molar-refractivity contribution is 6.31. The number of nitrogens with zero attached hydrogens (tertiary/aromatic N) is 3. The molecule has 200 valence electrons. The fourth-order valence-electron chi connectivity index (χ4n) is 4.60. The predicted molar refractivity (Wildman–Crippen MR) is 149 cm³/mol. The van der Waals surface area contributed by atoms with E-state index in [0.717, 1.165) is 33.7 Å². The van der Waals surface area contributed by atoms with Crippen molar-refractivity contribution >= 4 is 29.2 Å². The summed E-state index contributed by atoms with van der Waals surface area (Å²) in [5.74, 6) is 0.424. The van der Waals surface area contributed by atoms with Gasteiger partial charge in [0.25, 0.3) is 0 Å². The van der Waals surface area contributed by atoms with Crippen LogP contribution in [0.5, 0.6) is 11.5 Å². The number of carbonyl (C=O) groups excluding carboxylic acids is 1. The van der Waals surface area contributed by atoms with Crippen LogP contribution < -0.4 is 14.4 Å². The minimum Gasteiger partial charge on any atom is -0.493 e. The number of aromatic nitrogens is 2. The monoisotopic (exact) mass is 545 g/mol. The first-order valence-electron chi connectivity index (χ1n) is 12.7. The molecule has 0 saturated heterocycles. The molecular formula is C30H28ClN3O5. The third-order valence-electron chi connectivity index (χ3n) is 6.62. The number of ether oxygens (including phenoxy) is 2. The quantitative estimate of drug-likeness (QED) is 0.265. The Morgan fingerprint density at radius 2 is 1.95 bits per heavy atom. The molecule has 4 aromatic rings. The van der Waals surface area contributed by atoms with Crippen molar-refractivity contribution in [3.63, 3.8) is 0 Å². The lowest BCUT2D eigenvalue weighted by molar-refractivity contribution is -0.119. The molecule has 0 radical (unpaired) electrons. The van der Waals surface area contributed by atoms with E-state index in [1.165, 1.54) is 0 Å². The number of aromatic carboxylic acids is 1. The van der Waals surface area contributed by atoms with Crippen molar-refractivity contribution in [1.82, 2.24) is 9.78 Å². The lowest BCUT2D eigenvalue weighted by Gasteiger charge is -2.31. The van der Waals surface area contributed by atoms with Gasteiger partial charge >= 0.3 is 5.97 Å². The van der Waals surface area contributed by atoms with Crippen LogP contribution in [0.15, 0.2) is 73.1 Å². The van der Waals surface area contributed by atoms with Crippen molar-refractivity contribution in [2.24, 2.45) is 0 Å². The number of halogens is 1. The van der Waals surface area contributed by atoms with Crippen LogP contribution in [0.3, 0.4) is 0 Å². The minimum absolute atomic E-state index is 0.0112. The van der Waals surface area contributed by atoms with Gasteiger partial charge < -0.3 is 19.5 Å². The lowest BCUT2D eigenvalue weighted by atomic mass is 10.1. The van der Waals surface area contributed by atoms with Crippen LogP contribution in [0.25, 0.3) is 11.1 Å². The van der Waals surface area contributed by atoms with Gasteiger partial charge in [-0.3, -0.25) is 9.48 Å². The molecule has 5 rings (SSSR count). The van der Waals surface area contributed by atoms with Gasteiger partial charge in [0, 0.05) is 34.3 Å². The molecule has 0 fully saturated rings. The first kappa shape index (κ1) is 26.3. The molecule has 0 aliphatic carbocycles. The van der Waals surface area contributed by atoms with E-state index in [-0.39, 0.29) is 11.5 Å². The standard InChI is InChI=1S/C30H28ClN3O5/c1-20-25(31)9-4-11-27(20)38-14-5-12-28(35)34-13-15-39-29-24(8-3-10-26(29)34)23-17-32-33(19-23)18-21-6-2-7-22(16-21)30(36)37/h2-4,6-11,16-17,19H,5,12-15,18H2,1H3,(H,36,37). The van der Waals surface area contributed by atoms with Gasteiger partial charge in [-0.2, -0.15) is 5.10 Å². The largest absolute Gasteiger partial charge is 0.493 e. The molecule has 1 aromatic heterocycles. The normalized spacial score (nSPS) is 12.5. The molecule has 0 bridgehead atoms. The van der Waals surface area contributed by atoms with E-state index in [4.69, 9.17) is 21.1 Å². The molecule has 1 aliphatic heterocycles. The Kier molecular flexibility index (Phi) is 7.84. The molecule has 0 spiro atoms. The number of para-hydroxylation sites is 1. The highest BCUT2D eigenvalue weighted by Gasteiger charge is 2.26. The molecule has 9 heteroatoms. The molecule has 3 aromatic carbocycles. The van der Waals surface area contributed by atoms with Crippen molar-refractivity contribution in [2.45, 2.75) is 26.3 Å². The zero-order valence-electron chi connectivity index (χ0n) is 21.5. The van der Waals surface area contributed by atoms with Crippen LogP contribution in [-0.4, -0.2) is 46.5 Å². The Balaban J connectivity index is 1.26. The molecule has 1 N–H and O–H groups in total. The fraction of sp³-hybridized carbons (Fsp3) is 0.233. The maximum Gasteiger partial charge on any atom is 0.335 e. The number of carboxylic acid groups (broad SMARTS) is 1. The molecule has 1 amide bonds. The van der Waals surface area contributed by atoms with Crippen LogP contribution in [0.1, 0.15) is 34.3 Å². The van der Waals surface area contributed by atoms with Gasteiger partial charge in [-0.25, -0.2) is 4.79 Å². The molecule has 2 heterocycles. The first-order chi connectivity index (χ1) is 18.9. The van der Waals surface area contributed by atoms with E-state index in [0.29, 0.717) is 49.9 Å². The fourth-order valence-corrected chi connectivity index (χ4v) is 4.76. The summed E-state index contributed by atoms with van der Waals surface area (Å²) in [5.41, 5.74) is 4.38. The molecule has 1 aliphatic rings. The van der Waals surface area contributed by atoms with E-state index >= 15 is 0 Å². The average molecular weight is 546 g/mol. The summed E-state index contributed by atoms with van der Waals surface area (Å²) in [6, 6.07) is 18.1. The maximum atomic E-state index is 13.2. The number of amides is 1. The Bertz CT molecular complexity index is 1520. The van der Waals surface area contributed by atoms with Crippen LogP contribution in [0.2, 0.25) is 5.02 Å². The summed E-state index contributed by atoms with van der Waals surface area (Å²) in [6.45, 7) is 3.62. The summed E-state index contributed by atoms with van der Waals surface area (Å²) in [4.78, 5) is 26.2. The number of hydrogen-bond donors (Lipinski definition) is 1. The molecular weight excluding hydrogens is 518 g/mol. The number of anilines is 1. The lowest BCUT2D eigenvalue weighted by Crippen LogP contribution is -2.38. The van der Waals surface area contributed by atoms with Gasteiger partial charge in [0.15, 0.2) is 5.75 Å².